The summed E-state index contributed by atoms with van der Waals surface area (Å²) >= 11 is 0. The van der Waals surface area contributed by atoms with Crippen LogP contribution in [0.25, 0.3) is 0 Å². The standard InChI is InChI=1S/C16H36P.C9H11NO2/c1-5-9-13-17(14-10-6-2,15-11-7-3)16-12-8-4;10-8(9(11)12)6-7-4-2-1-3-5-7/h5-16H2,1-4H3;1-5,8H,6,10H2,(H,11,12)/q+1;/t;8-/m.0/s1. The number of hydrogen-bond acceptors (Lipinski definition) is 2. The van der Waals surface area contributed by atoms with Crippen molar-refractivity contribution in [3.05, 3.63) is 35.9 Å². The molecule has 0 radical (unpaired) electrons. The van der Waals surface area contributed by atoms with Crippen LogP contribution in [0.4, 0.5) is 0 Å². The first-order chi connectivity index (χ1) is 13.9. The molecule has 0 aliphatic rings. The van der Waals surface area contributed by atoms with Crippen LogP contribution in [0.2, 0.25) is 0 Å². The first-order valence-corrected chi connectivity index (χ1v) is 14.3. The summed E-state index contributed by atoms with van der Waals surface area (Å²) in [6.07, 6.45) is 18.3. The molecule has 0 amide bonds. The zero-order valence-corrected chi connectivity index (χ0v) is 20.4. The van der Waals surface area contributed by atoms with Gasteiger partial charge in [-0.3, -0.25) is 4.79 Å². The van der Waals surface area contributed by atoms with E-state index >= 15 is 0 Å². The lowest BCUT2D eigenvalue weighted by Gasteiger charge is -2.28. The molecule has 168 valence electrons. The number of benzene rings is 1. The lowest BCUT2D eigenvalue weighted by atomic mass is 10.1. The first kappa shape index (κ1) is 28.1. The fraction of sp³-hybridized carbons (Fsp3) is 0.720. The summed E-state index contributed by atoms with van der Waals surface area (Å²) in [5.41, 5.74) is 6.30. The topological polar surface area (TPSA) is 63.3 Å². The summed E-state index contributed by atoms with van der Waals surface area (Å²) in [4.78, 5) is 10.4. The number of carboxylic acids is 1. The molecule has 1 aromatic carbocycles. The highest BCUT2D eigenvalue weighted by Gasteiger charge is 2.34. The molecule has 3 N–H and O–H groups in total. The van der Waals surface area contributed by atoms with Gasteiger partial charge in [-0.15, -0.1) is 0 Å². The normalized spacial score (nSPS) is 12.2. The number of unbranched alkanes of at least 4 members (excludes halogenated alkanes) is 4. The van der Waals surface area contributed by atoms with Gasteiger partial charge >= 0.3 is 5.97 Å². The maximum absolute atomic E-state index is 10.4. The largest absolute Gasteiger partial charge is 0.480 e. The van der Waals surface area contributed by atoms with Crippen LogP contribution in [-0.2, 0) is 11.2 Å². The van der Waals surface area contributed by atoms with Gasteiger partial charge in [-0.05, 0) is 37.7 Å². The average molecular weight is 425 g/mol. The van der Waals surface area contributed by atoms with E-state index in [0.717, 1.165) is 5.56 Å². The van der Waals surface area contributed by atoms with Gasteiger partial charge < -0.3 is 10.8 Å². The van der Waals surface area contributed by atoms with Gasteiger partial charge in [0.25, 0.3) is 0 Å². The minimum Gasteiger partial charge on any atom is -0.480 e. The molecule has 1 aromatic rings. The Bertz CT molecular complexity index is 469. The molecule has 0 unspecified atom stereocenters. The summed E-state index contributed by atoms with van der Waals surface area (Å²) in [7, 11) is -0.562. The fourth-order valence-corrected chi connectivity index (χ4v) is 8.89. The molecule has 0 bridgehead atoms. The van der Waals surface area contributed by atoms with Crippen molar-refractivity contribution in [3.63, 3.8) is 0 Å². The molecule has 0 spiro atoms. The van der Waals surface area contributed by atoms with Crippen LogP contribution in [0.1, 0.15) is 84.6 Å². The van der Waals surface area contributed by atoms with Crippen LogP contribution < -0.4 is 5.73 Å². The number of carbonyl (C=O) groups is 1. The van der Waals surface area contributed by atoms with Crippen LogP contribution in [-0.4, -0.2) is 41.8 Å². The summed E-state index contributed by atoms with van der Waals surface area (Å²) in [6, 6.07) is 8.54. The van der Waals surface area contributed by atoms with Gasteiger partial charge in [0.05, 0.1) is 24.6 Å². The molecule has 29 heavy (non-hydrogen) atoms. The second-order valence-electron chi connectivity index (χ2n) is 8.28. The molecule has 4 heteroatoms. The Morgan fingerprint density at radius 2 is 1.21 bits per heavy atom. The van der Waals surface area contributed by atoms with Crippen molar-refractivity contribution < 1.29 is 9.90 Å². The van der Waals surface area contributed by atoms with Crippen molar-refractivity contribution in [1.29, 1.82) is 0 Å². The molecule has 0 saturated carbocycles. The molecule has 0 aliphatic carbocycles. The monoisotopic (exact) mass is 424 g/mol. The van der Waals surface area contributed by atoms with E-state index < -0.39 is 19.3 Å². The van der Waals surface area contributed by atoms with Crippen molar-refractivity contribution in [1.82, 2.24) is 0 Å². The van der Waals surface area contributed by atoms with Gasteiger partial charge in [-0.2, -0.15) is 0 Å². The smallest absolute Gasteiger partial charge is 0.320 e. The molecule has 0 heterocycles. The number of aliphatic carboxylic acids is 1. The SMILES string of the molecule is CCCC[P+](CCCC)(CCCC)CCCC.N[C@@H](Cc1ccccc1)C(=O)O. The van der Waals surface area contributed by atoms with Crippen molar-refractivity contribution >= 4 is 13.2 Å². The number of hydrogen-bond donors (Lipinski definition) is 2. The minimum atomic E-state index is -0.959. The zero-order valence-electron chi connectivity index (χ0n) is 19.5. The van der Waals surface area contributed by atoms with Gasteiger partial charge in [0, 0.05) is 7.26 Å². The van der Waals surface area contributed by atoms with Crippen molar-refractivity contribution in [2.24, 2.45) is 5.73 Å². The Kier molecular flexibility index (Phi) is 17.3. The predicted octanol–water partition coefficient (Wildman–Crippen LogP) is 6.85. The van der Waals surface area contributed by atoms with Crippen LogP contribution >= 0.6 is 7.26 Å². The zero-order chi connectivity index (χ0) is 22.0. The van der Waals surface area contributed by atoms with Crippen LogP contribution in [0, 0.1) is 0 Å². The van der Waals surface area contributed by atoms with Gasteiger partial charge in [0.2, 0.25) is 0 Å². The quantitative estimate of drug-likeness (QED) is 0.303. The van der Waals surface area contributed by atoms with E-state index in [1.54, 1.807) is 24.6 Å². The third-order valence-electron chi connectivity index (χ3n) is 5.56. The number of rotatable bonds is 15. The summed E-state index contributed by atoms with van der Waals surface area (Å²) < 4.78 is 0. The van der Waals surface area contributed by atoms with Gasteiger partial charge in [-0.1, -0.05) is 83.7 Å². The second kappa shape index (κ2) is 17.9. The molecular weight excluding hydrogens is 377 g/mol. The molecule has 0 saturated heterocycles. The summed E-state index contributed by atoms with van der Waals surface area (Å²) in [6.45, 7) is 9.42. The fourth-order valence-electron chi connectivity index (χ4n) is 3.60. The average Bonchev–Trinajstić information content (AvgIpc) is 2.74. The van der Waals surface area contributed by atoms with Crippen molar-refractivity contribution in [3.8, 4) is 0 Å². The molecule has 1 rings (SSSR count). The maximum atomic E-state index is 10.4. The second-order valence-corrected chi connectivity index (χ2v) is 12.8. The predicted molar refractivity (Wildman–Crippen MR) is 132 cm³/mol. The number of carboxylic acid groups (broad SMARTS) is 1. The Hall–Kier alpha value is -0.920. The Morgan fingerprint density at radius 1 is 0.828 bits per heavy atom. The highest BCUT2D eigenvalue weighted by molar-refractivity contribution is 7.75. The summed E-state index contributed by atoms with van der Waals surface area (Å²) in [5.74, 6) is -0.959. The van der Waals surface area contributed by atoms with Crippen LogP contribution in [0.5, 0.6) is 0 Å². The van der Waals surface area contributed by atoms with Gasteiger partial charge in [0.15, 0.2) is 0 Å². The number of nitrogens with two attached hydrogens (primary N) is 1. The lowest BCUT2D eigenvalue weighted by molar-refractivity contribution is -0.138. The molecule has 0 aliphatic heterocycles. The molecule has 0 aromatic heterocycles. The Balaban J connectivity index is 0.000000571. The Labute approximate surface area is 181 Å². The van der Waals surface area contributed by atoms with Gasteiger partial charge in [0.1, 0.15) is 6.04 Å². The molecule has 3 nitrogen and oxygen atoms in total. The highest BCUT2D eigenvalue weighted by Crippen LogP contribution is 2.61. The van der Waals surface area contributed by atoms with E-state index in [-0.39, 0.29) is 0 Å². The van der Waals surface area contributed by atoms with E-state index in [9.17, 15) is 4.79 Å². The van der Waals surface area contributed by atoms with E-state index in [1.165, 1.54) is 51.4 Å². The minimum absolute atomic E-state index is 0.385. The van der Waals surface area contributed by atoms with Crippen molar-refractivity contribution in [2.75, 3.05) is 24.6 Å². The van der Waals surface area contributed by atoms with Crippen molar-refractivity contribution in [2.45, 2.75) is 91.5 Å². The maximum Gasteiger partial charge on any atom is 0.320 e. The third kappa shape index (κ3) is 13.8. The van der Waals surface area contributed by atoms with Gasteiger partial charge in [-0.25, -0.2) is 0 Å². The highest BCUT2D eigenvalue weighted by atomic mass is 31.2. The Morgan fingerprint density at radius 3 is 1.52 bits per heavy atom. The van der Waals surface area contributed by atoms with E-state index in [4.69, 9.17) is 10.8 Å². The molecular formula is C25H47NO2P+. The first-order valence-electron chi connectivity index (χ1n) is 11.8. The van der Waals surface area contributed by atoms with E-state index in [2.05, 4.69) is 27.7 Å². The van der Waals surface area contributed by atoms with Crippen LogP contribution in [0.3, 0.4) is 0 Å². The molecule has 1 atom stereocenters. The van der Waals surface area contributed by atoms with E-state index in [0.29, 0.717) is 6.42 Å². The lowest BCUT2D eigenvalue weighted by Crippen LogP contribution is -2.32. The third-order valence-corrected chi connectivity index (χ3v) is 10.6. The summed E-state index contributed by atoms with van der Waals surface area (Å²) in [5, 5.41) is 8.52. The molecule has 0 fully saturated rings. The van der Waals surface area contributed by atoms with Crippen LogP contribution in [0.15, 0.2) is 30.3 Å². The van der Waals surface area contributed by atoms with E-state index in [1.807, 2.05) is 30.3 Å².